The molecule has 1 N–H and O–H groups in total. The van der Waals surface area contributed by atoms with Gasteiger partial charge in [0.2, 0.25) is 0 Å². The van der Waals surface area contributed by atoms with E-state index in [1.54, 1.807) is 24.4 Å². The van der Waals surface area contributed by atoms with Gasteiger partial charge in [-0.05, 0) is 55.0 Å². The summed E-state index contributed by atoms with van der Waals surface area (Å²) in [6, 6.07) is 12.7. The Balaban J connectivity index is 1.81. The minimum absolute atomic E-state index is 0.00281. The molecule has 0 atom stereocenters. The number of para-hydroxylation sites is 1. The van der Waals surface area contributed by atoms with E-state index in [0.29, 0.717) is 11.1 Å². The van der Waals surface area contributed by atoms with Gasteiger partial charge >= 0.3 is 0 Å². The van der Waals surface area contributed by atoms with Crippen LogP contribution in [0.2, 0.25) is 0 Å². The number of aromatic nitrogens is 1. The van der Waals surface area contributed by atoms with Crippen molar-refractivity contribution < 1.29 is 9.90 Å². The quantitative estimate of drug-likeness (QED) is 0.727. The van der Waals surface area contributed by atoms with Gasteiger partial charge in [0.25, 0.3) is 0 Å². The van der Waals surface area contributed by atoms with Gasteiger partial charge in [0.05, 0.1) is 11.1 Å². The largest absolute Gasteiger partial charge is 0.507 e. The third-order valence-corrected chi connectivity index (χ3v) is 4.59. The number of hydrogen-bond acceptors (Lipinski definition) is 3. The number of carbonyl (C=O) groups is 1. The van der Waals surface area contributed by atoms with Gasteiger partial charge < -0.3 is 5.11 Å². The second kappa shape index (κ2) is 5.51. The smallest absolute Gasteiger partial charge is 0.198 e. The van der Waals surface area contributed by atoms with Crippen molar-refractivity contribution in [3.63, 3.8) is 0 Å². The van der Waals surface area contributed by atoms with Crippen LogP contribution in [0.15, 0.2) is 48.7 Å². The predicted octanol–water partition coefficient (Wildman–Crippen LogP) is 4.05. The molecule has 0 spiro atoms. The molecule has 1 aliphatic rings. The molecule has 0 unspecified atom stereocenters. The number of benzene rings is 2. The fourth-order valence-corrected chi connectivity index (χ4v) is 3.38. The summed E-state index contributed by atoms with van der Waals surface area (Å²) in [4.78, 5) is 17.2. The summed E-state index contributed by atoms with van der Waals surface area (Å²) >= 11 is 0. The van der Waals surface area contributed by atoms with Crippen LogP contribution in [-0.4, -0.2) is 15.9 Å². The van der Waals surface area contributed by atoms with Gasteiger partial charge in [-0.1, -0.05) is 24.3 Å². The number of phenols is 1. The minimum atomic E-state index is -0.199. The van der Waals surface area contributed by atoms with Crippen LogP contribution in [0.5, 0.6) is 5.75 Å². The molecular formula is C20H17NO2. The number of hydrogen-bond donors (Lipinski definition) is 1. The normalized spacial score (nSPS) is 13.7. The Morgan fingerprint density at radius 1 is 1.04 bits per heavy atom. The molecule has 0 radical (unpaired) electrons. The van der Waals surface area contributed by atoms with Crippen molar-refractivity contribution in [2.24, 2.45) is 0 Å². The van der Waals surface area contributed by atoms with Crippen LogP contribution in [-0.2, 0) is 12.8 Å². The maximum absolute atomic E-state index is 12.6. The van der Waals surface area contributed by atoms with Gasteiger partial charge in [0.15, 0.2) is 5.78 Å². The molecular weight excluding hydrogens is 286 g/mol. The van der Waals surface area contributed by atoms with E-state index >= 15 is 0 Å². The third-order valence-electron chi connectivity index (χ3n) is 4.59. The first-order valence-corrected chi connectivity index (χ1v) is 7.97. The number of phenolic OH excluding ortho intramolecular Hbond substituents is 1. The average molecular weight is 303 g/mol. The fourth-order valence-electron chi connectivity index (χ4n) is 3.38. The molecule has 1 aromatic heterocycles. The lowest BCUT2D eigenvalue weighted by Crippen LogP contribution is -2.06. The summed E-state index contributed by atoms with van der Waals surface area (Å²) in [6.45, 7) is 0. The van der Waals surface area contributed by atoms with Gasteiger partial charge in [-0.15, -0.1) is 0 Å². The molecule has 3 nitrogen and oxygen atoms in total. The maximum Gasteiger partial charge on any atom is 0.198 e. The van der Waals surface area contributed by atoms with Crippen molar-refractivity contribution in [3.8, 4) is 5.75 Å². The highest BCUT2D eigenvalue weighted by molar-refractivity contribution is 6.11. The standard InChI is InChI=1S/C20H17NO2/c22-18-8-4-3-7-17(18)20(23)15-11-14-10-9-13-5-1-2-6-16(13)19(14)21-12-15/h3-4,7-12,22H,1-2,5-6H2. The third kappa shape index (κ3) is 2.38. The first-order valence-electron chi connectivity index (χ1n) is 7.97. The van der Waals surface area contributed by atoms with Gasteiger partial charge in [0, 0.05) is 17.1 Å². The summed E-state index contributed by atoms with van der Waals surface area (Å²) in [6.07, 6.45) is 6.25. The molecule has 0 bridgehead atoms. The van der Waals surface area contributed by atoms with Crippen LogP contribution in [0.4, 0.5) is 0 Å². The summed E-state index contributed by atoms with van der Waals surface area (Å²) in [7, 11) is 0. The number of aromatic hydroxyl groups is 1. The summed E-state index contributed by atoms with van der Waals surface area (Å²) in [5.74, 6) is -0.196. The summed E-state index contributed by atoms with van der Waals surface area (Å²) in [5.41, 5.74) is 4.55. The molecule has 0 saturated carbocycles. The maximum atomic E-state index is 12.6. The van der Waals surface area contributed by atoms with E-state index in [2.05, 4.69) is 11.1 Å². The van der Waals surface area contributed by atoms with Crippen LogP contribution < -0.4 is 0 Å². The lowest BCUT2D eigenvalue weighted by atomic mass is 9.89. The van der Waals surface area contributed by atoms with E-state index in [1.165, 1.54) is 30.0 Å². The Bertz CT molecular complexity index is 915. The monoisotopic (exact) mass is 303 g/mol. The van der Waals surface area contributed by atoms with E-state index in [9.17, 15) is 9.90 Å². The highest BCUT2D eigenvalue weighted by atomic mass is 16.3. The van der Waals surface area contributed by atoms with E-state index < -0.39 is 0 Å². The minimum Gasteiger partial charge on any atom is -0.507 e. The second-order valence-corrected chi connectivity index (χ2v) is 6.05. The van der Waals surface area contributed by atoms with Crippen molar-refractivity contribution in [1.29, 1.82) is 0 Å². The topological polar surface area (TPSA) is 50.2 Å². The number of nitrogens with zero attached hydrogens (tertiary/aromatic N) is 1. The lowest BCUT2D eigenvalue weighted by molar-refractivity contribution is 0.103. The molecule has 3 heteroatoms. The fraction of sp³-hybridized carbons (Fsp3) is 0.200. The Kier molecular flexibility index (Phi) is 3.34. The molecule has 0 amide bonds. The molecule has 23 heavy (non-hydrogen) atoms. The SMILES string of the molecule is O=C(c1cnc2c3c(ccc2c1)CCCC3)c1ccccc1O. The molecule has 1 aliphatic carbocycles. The number of rotatable bonds is 2. The van der Waals surface area contributed by atoms with Crippen LogP contribution in [0.1, 0.15) is 39.9 Å². The van der Waals surface area contributed by atoms with Gasteiger partial charge in [-0.3, -0.25) is 9.78 Å². The zero-order valence-electron chi connectivity index (χ0n) is 12.7. The summed E-state index contributed by atoms with van der Waals surface area (Å²) < 4.78 is 0. The van der Waals surface area contributed by atoms with Crippen LogP contribution in [0, 0.1) is 0 Å². The molecule has 0 saturated heterocycles. The molecule has 4 rings (SSSR count). The Morgan fingerprint density at radius 2 is 1.87 bits per heavy atom. The molecule has 1 heterocycles. The van der Waals surface area contributed by atoms with Crippen molar-refractivity contribution in [2.75, 3.05) is 0 Å². The zero-order valence-corrected chi connectivity index (χ0v) is 12.7. The number of aryl methyl sites for hydroxylation is 2. The second-order valence-electron chi connectivity index (χ2n) is 6.05. The van der Waals surface area contributed by atoms with Gasteiger partial charge in [-0.2, -0.15) is 0 Å². The highest BCUT2D eigenvalue weighted by Gasteiger charge is 2.17. The van der Waals surface area contributed by atoms with Gasteiger partial charge in [0.1, 0.15) is 5.75 Å². The van der Waals surface area contributed by atoms with E-state index in [1.807, 2.05) is 12.1 Å². The molecule has 0 fully saturated rings. The Labute approximate surface area is 134 Å². The Hall–Kier alpha value is -2.68. The lowest BCUT2D eigenvalue weighted by Gasteiger charge is -2.17. The van der Waals surface area contributed by atoms with Crippen molar-refractivity contribution in [2.45, 2.75) is 25.7 Å². The number of fused-ring (bicyclic) bond motifs is 3. The van der Waals surface area contributed by atoms with E-state index in [0.717, 1.165) is 23.7 Å². The highest BCUT2D eigenvalue weighted by Crippen LogP contribution is 2.29. The number of ketones is 1. The first kappa shape index (κ1) is 13.9. The average Bonchev–Trinajstić information content (AvgIpc) is 2.61. The Morgan fingerprint density at radius 3 is 2.74 bits per heavy atom. The number of carbonyl (C=O) groups excluding carboxylic acids is 1. The number of pyridine rings is 1. The molecule has 2 aromatic carbocycles. The van der Waals surface area contributed by atoms with Crippen LogP contribution >= 0.6 is 0 Å². The van der Waals surface area contributed by atoms with Crippen LogP contribution in [0.25, 0.3) is 10.9 Å². The van der Waals surface area contributed by atoms with E-state index in [4.69, 9.17) is 0 Å². The van der Waals surface area contributed by atoms with E-state index in [-0.39, 0.29) is 11.5 Å². The molecule has 3 aromatic rings. The first-order chi connectivity index (χ1) is 11.2. The van der Waals surface area contributed by atoms with Gasteiger partial charge in [-0.25, -0.2) is 0 Å². The van der Waals surface area contributed by atoms with Crippen molar-refractivity contribution in [1.82, 2.24) is 4.98 Å². The van der Waals surface area contributed by atoms with Crippen molar-refractivity contribution >= 4 is 16.7 Å². The molecule has 114 valence electrons. The van der Waals surface area contributed by atoms with Crippen LogP contribution in [0.3, 0.4) is 0 Å². The predicted molar refractivity (Wildman–Crippen MR) is 89.9 cm³/mol. The molecule has 0 aliphatic heterocycles. The summed E-state index contributed by atoms with van der Waals surface area (Å²) in [5, 5.41) is 10.9. The van der Waals surface area contributed by atoms with Crippen molar-refractivity contribution in [3.05, 3.63) is 70.9 Å². The zero-order chi connectivity index (χ0) is 15.8.